The van der Waals surface area contributed by atoms with E-state index in [1.165, 1.54) is 11.1 Å². The zero-order valence-electron chi connectivity index (χ0n) is 12.7. The summed E-state index contributed by atoms with van der Waals surface area (Å²) in [6.45, 7) is 2.10. The maximum Gasteiger partial charge on any atom is 0.196 e. The molecular weight excluding hydrogens is 329 g/mol. The number of aliphatic imine (C=N–C) groups is 1. The van der Waals surface area contributed by atoms with Crippen LogP contribution in [0, 0.1) is 0 Å². The van der Waals surface area contributed by atoms with Gasteiger partial charge in [0.15, 0.2) is 5.96 Å². The van der Waals surface area contributed by atoms with Gasteiger partial charge in [-0.05, 0) is 48.6 Å². The molecule has 1 aliphatic carbocycles. The van der Waals surface area contributed by atoms with Crippen LogP contribution in [0.2, 0.25) is 10.0 Å². The van der Waals surface area contributed by atoms with Crippen LogP contribution in [0.1, 0.15) is 42.1 Å². The van der Waals surface area contributed by atoms with Gasteiger partial charge in [0.2, 0.25) is 0 Å². The van der Waals surface area contributed by atoms with Crippen molar-refractivity contribution in [2.24, 2.45) is 4.99 Å². The highest BCUT2D eigenvalue weighted by molar-refractivity contribution is 6.42. The van der Waals surface area contributed by atoms with Gasteiger partial charge in [0, 0.05) is 5.69 Å². The summed E-state index contributed by atoms with van der Waals surface area (Å²) in [5.74, 6) is 0.796. The van der Waals surface area contributed by atoms with Crippen LogP contribution in [-0.4, -0.2) is 5.96 Å². The molecule has 2 aromatic rings. The first-order chi connectivity index (χ1) is 11.1. The minimum Gasteiger partial charge on any atom is -0.349 e. The quantitative estimate of drug-likeness (QED) is 0.753. The van der Waals surface area contributed by atoms with Gasteiger partial charge in [-0.15, -0.1) is 0 Å². The van der Waals surface area contributed by atoms with Gasteiger partial charge in [-0.1, -0.05) is 47.5 Å². The Labute approximate surface area is 145 Å². The lowest BCUT2D eigenvalue weighted by Gasteiger charge is -2.28. The molecule has 0 radical (unpaired) electrons. The molecule has 23 heavy (non-hydrogen) atoms. The van der Waals surface area contributed by atoms with Crippen molar-refractivity contribution in [3.8, 4) is 0 Å². The topological polar surface area (TPSA) is 36.4 Å². The van der Waals surface area contributed by atoms with Gasteiger partial charge < -0.3 is 10.6 Å². The Kier molecular flexibility index (Phi) is 3.70. The zero-order valence-corrected chi connectivity index (χ0v) is 14.2. The number of rotatable bonds is 1. The molecule has 3 nitrogen and oxygen atoms in total. The molecule has 2 unspecified atom stereocenters. The van der Waals surface area contributed by atoms with Crippen molar-refractivity contribution in [1.82, 2.24) is 5.32 Å². The maximum absolute atomic E-state index is 6.15. The highest BCUT2D eigenvalue weighted by atomic mass is 35.5. The first-order valence-corrected chi connectivity index (χ1v) is 8.55. The molecule has 0 bridgehead atoms. The third-order valence-corrected chi connectivity index (χ3v) is 5.27. The Bertz CT molecular complexity index is 801. The molecule has 0 amide bonds. The fourth-order valence-electron chi connectivity index (χ4n) is 3.37. The van der Waals surface area contributed by atoms with Gasteiger partial charge in [0.05, 0.1) is 22.1 Å². The van der Waals surface area contributed by atoms with Crippen LogP contribution < -0.4 is 10.6 Å². The predicted octanol–water partition coefficient (Wildman–Crippen LogP) is 5.11. The van der Waals surface area contributed by atoms with Crippen molar-refractivity contribution in [3.05, 3.63) is 63.1 Å². The molecule has 2 N–H and O–H groups in total. The fourth-order valence-corrected chi connectivity index (χ4v) is 3.71. The molecule has 5 heteroatoms. The summed E-state index contributed by atoms with van der Waals surface area (Å²) in [5.41, 5.74) is 4.80. The smallest absolute Gasteiger partial charge is 0.196 e. The van der Waals surface area contributed by atoms with Crippen molar-refractivity contribution in [2.45, 2.75) is 31.8 Å². The molecule has 0 saturated heterocycles. The van der Waals surface area contributed by atoms with Gasteiger partial charge >= 0.3 is 0 Å². The number of halogens is 2. The molecule has 1 heterocycles. The molecule has 0 aromatic heterocycles. The van der Waals surface area contributed by atoms with Crippen LogP contribution >= 0.6 is 23.2 Å². The molecule has 2 atom stereocenters. The Balaban J connectivity index is 1.66. The highest BCUT2D eigenvalue weighted by Crippen LogP contribution is 2.37. The molecule has 118 valence electrons. The van der Waals surface area contributed by atoms with E-state index in [1.807, 2.05) is 12.1 Å². The fraction of sp³-hybridized carbons (Fsp3) is 0.278. The van der Waals surface area contributed by atoms with Crippen LogP contribution in [0.4, 0.5) is 5.69 Å². The van der Waals surface area contributed by atoms with E-state index >= 15 is 0 Å². The lowest BCUT2D eigenvalue weighted by molar-refractivity contribution is 0.670. The van der Waals surface area contributed by atoms with Crippen LogP contribution in [0.25, 0.3) is 0 Å². The third-order valence-electron chi connectivity index (χ3n) is 4.55. The summed E-state index contributed by atoms with van der Waals surface area (Å²) >= 11 is 12.3. The first kappa shape index (κ1) is 14.9. The lowest BCUT2D eigenvalue weighted by Crippen LogP contribution is -2.38. The second-order valence-electron chi connectivity index (χ2n) is 6.08. The number of nitrogens with zero attached hydrogens (tertiary/aromatic N) is 1. The van der Waals surface area contributed by atoms with Gasteiger partial charge in [-0.25, -0.2) is 4.99 Å². The average Bonchev–Trinajstić information content (AvgIpc) is 2.93. The second kappa shape index (κ2) is 5.73. The van der Waals surface area contributed by atoms with E-state index in [0.717, 1.165) is 30.1 Å². The van der Waals surface area contributed by atoms with Crippen LogP contribution in [-0.2, 0) is 6.42 Å². The van der Waals surface area contributed by atoms with E-state index in [1.54, 1.807) is 0 Å². The maximum atomic E-state index is 6.15. The summed E-state index contributed by atoms with van der Waals surface area (Å²) < 4.78 is 0. The lowest BCUT2D eigenvalue weighted by atomic mass is 10.0. The largest absolute Gasteiger partial charge is 0.349 e. The number of nitrogens with one attached hydrogen (secondary N) is 2. The molecule has 2 aliphatic rings. The van der Waals surface area contributed by atoms with Crippen molar-refractivity contribution < 1.29 is 0 Å². The summed E-state index contributed by atoms with van der Waals surface area (Å²) in [6, 6.07) is 12.7. The van der Waals surface area contributed by atoms with E-state index in [9.17, 15) is 0 Å². The number of guanidine groups is 1. The van der Waals surface area contributed by atoms with Crippen molar-refractivity contribution in [3.63, 3.8) is 0 Å². The van der Waals surface area contributed by atoms with Crippen LogP contribution in [0.5, 0.6) is 0 Å². The number of anilines is 1. The van der Waals surface area contributed by atoms with E-state index in [-0.39, 0.29) is 12.1 Å². The summed E-state index contributed by atoms with van der Waals surface area (Å²) in [4.78, 5) is 4.90. The minimum atomic E-state index is 0.136. The number of hydrogen-bond donors (Lipinski definition) is 2. The number of aryl methyl sites for hydroxylation is 1. The monoisotopic (exact) mass is 345 g/mol. The Morgan fingerprint density at radius 3 is 2.74 bits per heavy atom. The van der Waals surface area contributed by atoms with Gasteiger partial charge in [-0.3, -0.25) is 0 Å². The Morgan fingerprint density at radius 2 is 1.87 bits per heavy atom. The summed E-state index contributed by atoms with van der Waals surface area (Å²) in [7, 11) is 0. The minimum absolute atomic E-state index is 0.136. The van der Waals surface area contributed by atoms with E-state index < -0.39 is 0 Å². The zero-order chi connectivity index (χ0) is 16.0. The molecular formula is C18H17Cl2N3. The molecule has 2 aromatic carbocycles. The van der Waals surface area contributed by atoms with Crippen molar-refractivity contribution >= 4 is 34.8 Å². The van der Waals surface area contributed by atoms with E-state index in [2.05, 4.69) is 41.8 Å². The Morgan fingerprint density at radius 1 is 1.09 bits per heavy atom. The van der Waals surface area contributed by atoms with E-state index in [4.69, 9.17) is 28.2 Å². The molecule has 0 spiro atoms. The SMILES string of the molecule is CC1NC(=NC2CCc3ccccc32)Nc2cc(Cl)c(Cl)cc21. The average molecular weight is 346 g/mol. The molecule has 0 saturated carbocycles. The standard InChI is InChI=1S/C18H17Cl2N3/c1-10-13-8-14(19)15(20)9-17(13)23-18(21-10)22-16-7-6-11-4-2-3-5-12(11)16/h2-5,8-10,16H,6-7H2,1H3,(H2,21,22,23). The number of hydrogen-bond acceptors (Lipinski definition) is 1. The van der Waals surface area contributed by atoms with Crippen LogP contribution in [0.3, 0.4) is 0 Å². The Hall–Kier alpha value is -1.71. The van der Waals surface area contributed by atoms with Gasteiger partial charge in [0.25, 0.3) is 0 Å². The molecule has 0 fully saturated rings. The number of benzene rings is 2. The molecule has 4 rings (SSSR count). The summed E-state index contributed by atoms with van der Waals surface area (Å²) in [5, 5.41) is 7.89. The first-order valence-electron chi connectivity index (χ1n) is 7.80. The normalized spacial score (nSPS) is 23.9. The van der Waals surface area contributed by atoms with Gasteiger partial charge in [-0.2, -0.15) is 0 Å². The number of fused-ring (bicyclic) bond motifs is 2. The predicted molar refractivity (Wildman–Crippen MR) is 96.6 cm³/mol. The van der Waals surface area contributed by atoms with Crippen LogP contribution in [0.15, 0.2) is 41.4 Å². The van der Waals surface area contributed by atoms with Crippen molar-refractivity contribution in [1.29, 1.82) is 0 Å². The second-order valence-corrected chi connectivity index (χ2v) is 6.89. The summed E-state index contributed by atoms with van der Waals surface area (Å²) in [6.07, 6.45) is 2.14. The van der Waals surface area contributed by atoms with Crippen molar-refractivity contribution in [2.75, 3.05) is 5.32 Å². The highest BCUT2D eigenvalue weighted by Gasteiger charge is 2.25. The van der Waals surface area contributed by atoms with Gasteiger partial charge in [0.1, 0.15) is 0 Å². The van der Waals surface area contributed by atoms with E-state index in [0.29, 0.717) is 10.0 Å². The third kappa shape index (κ3) is 2.68. The molecule has 1 aliphatic heterocycles.